The monoisotopic (exact) mass is 1330 g/mol. The van der Waals surface area contributed by atoms with Crippen molar-refractivity contribution in [2.24, 2.45) is 0 Å². The number of aryl methyl sites for hydroxylation is 3. The van der Waals surface area contributed by atoms with Crippen molar-refractivity contribution >= 4 is 149 Å². The van der Waals surface area contributed by atoms with E-state index in [4.69, 9.17) is 0 Å². The molecule has 4 aliphatic heterocycles. The molecule has 0 aromatic heterocycles. The van der Waals surface area contributed by atoms with Crippen molar-refractivity contribution in [3.63, 3.8) is 0 Å². The average Bonchev–Trinajstić information content (AvgIpc) is 0.684. The lowest BCUT2D eigenvalue weighted by molar-refractivity contribution is 0.665. The summed E-state index contributed by atoms with van der Waals surface area (Å²) in [6, 6.07) is 116. The zero-order chi connectivity index (χ0) is 69.5. The molecule has 1 atom stereocenters. The van der Waals surface area contributed by atoms with E-state index in [2.05, 4.69) is 367 Å². The molecular weight excluding hydrogens is 1250 g/mol. The van der Waals surface area contributed by atoms with E-state index in [-0.39, 0.29) is 13.4 Å². The van der Waals surface area contributed by atoms with E-state index >= 15 is 0 Å². The number of anilines is 18. The number of rotatable bonds is 22. The van der Waals surface area contributed by atoms with Gasteiger partial charge in [0.05, 0.1) is 11.4 Å². The van der Waals surface area contributed by atoms with Crippen molar-refractivity contribution in [1.82, 2.24) is 0 Å². The zero-order valence-electron chi connectivity index (χ0n) is 60.1. The van der Waals surface area contributed by atoms with Crippen molar-refractivity contribution in [3.8, 4) is 0 Å². The maximum Gasteiger partial charge on any atom is 0.252 e. The van der Waals surface area contributed by atoms with Crippen LogP contribution in [0.15, 0.2) is 303 Å². The predicted molar refractivity (Wildman–Crippen MR) is 443 cm³/mol. The number of para-hydroxylation sites is 6. The van der Waals surface area contributed by atoms with Crippen molar-refractivity contribution in [2.75, 3.05) is 29.4 Å². The van der Waals surface area contributed by atoms with E-state index in [9.17, 15) is 0 Å². The number of hydrogen-bond acceptors (Lipinski definition) is 6. The first-order valence-electron chi connectivity index (χ1n) is 38.0. The van der Waals surface area contributed by atoms with Crippen molar-refractivity contribution in [3.05, 3.63) is 326 Å². The van der Waals surface area contributed by atoms with E-state index < -0.39 is 0 Å². The molecule has 0 saturated carbocycles. The molecule has 1 unspecified atom stereocenters. The topological polar surface area (TPSA) is 19.4 Å². The van der Waals surface area contributed by atoms with Gasteiger partial charge in [-0.2, -0.15) is 0 Å². The number of unbranched alkanes of at least 4 members (excludes halogenated alkanes) is 3. The molecule has 0 amide bonds. The molecule has 0 aliphatic carbocycles. The van der Waals surface area contributed by atoms with Crippen molar-refractivity contribution in [1.29, 1.82) is 0 Å². The van der Waals surface area contributed by atoms with Gasteiger partial charge >= 0.3 is 0 Å². The van der Waals surface area contributed by atoms with Crippen LogP contribution in [0.4, 0.5) is 102 Å². The Balaban J connectivity index is 0.953. The summed E-state index contributed by atoms with van der Waals surface area (Å²) in [7, 11) is 0. The highest BCUT2D eigenvalue weighted by atomic mass is 15.2. The molecule has 0 spiro atoms. The summed E-state index contributed by atoms with van der Waals surface area (Å²) in [6.45, 7) is 11.2. The summed E-state index contributed by atoms with van der Waals surface area (Å²) in [5.41, 5.74) is 33.5. The fourth-order valence-corrected chi connectivity index (χ4v) is 17.1. The highest BCUT2D eigenvalue weighted by Gasteiger charge is 2.49. The van der Waals surface area contributed by atoms with Gasteiger partial charge in [-0.25, -0.2) is 0 Å². The lowest BCUT2D eigenvalue weighted by Crippen LogP contribution is -2.65. The molecule has 6 nitrogen and oxygen atoms in total. The van der Waals surface area contributed by atoms with E-state index in [0.717, 1.165) is 162 Å². The lowest BCUT2D eigenvalue weighted by atomic mass is 9.30. The molecule has 0 fully saturated rings. The van der Waals surface area contributed by atoms with Crippen LogP contribution in [0.3, 0.4) is 0 Å². The number of hydrogen-bond donors (Lipinski definition) is 0. The van der Waals surface area contributed by atoms with Gasteiger partial charge in [-0.1, -0.05) is 224 Å². The smallest absolute Gasteiger partial charge is 0.252 e. The lowest BCUT2D eigenvalue weighted by Gasteiger charge is -2.47. The van der Waals surface area contributed by atoms with Gasteiger partial charge in [-0.15, -0.1) is 0 Å². The van der Waals surface area contributed by atoms with Crippen LogP contribution in [0.2, 0.25) is 0 Å². The van der Waals surface area contributed by atoms with Gasteiger partial charge < -0.3 is 29.4 Å². The first kappa shape index (κ1) is 65.1. The van der Waals surface area contributed by atoms with Gasteiger partial charge in [-0.05, 0) is 245 Å². The molecule has 504 valence electrons. The van der Waals surface area contributed by atoms with Crippen LogP contribution in [-0.2, 0) is 19.3 Å². The summed E-state index contributed by atoms with van der Waals surface area (Å²) in [5.74, 6) is 0.457. The van der Waals surface area contributed by atoms with Crippen LogP contribution in [0.5, 0.6) is 0 Å². The Kier molecular flexibility index (Phi) is 17.9. The van der Waals surface area contributed by atoms with E-state index in [1.807, 2.05) is 0 Å². The van der Waals surface area contributed by atoms with Gasteiger partial charge in [0.15, 0.2) is 0 Å². The minimum Gasteiger partial charge on any atom is -0.311 e. The third-order valence-corrected chi connectivity index (χ3v) is 22.1. The van der Waals surface area contributed by atoms with Crippen LogP contribution < -0.4 is 62.2 Å². The van der Waals surface area contributed by atoms with Crippen LogP contribution >= 0.6 is 0 Å². The Morgan fingerprint density at radius 1 is 0.272 bits per heavy atom. The van der Waals surface area contributed by atoms with Crippen LogP contribution in [0, 0.1) is 0 Å². The van der Waals surface area contributed by atoms with E-state index in [1.165, 1.54) is 66.4 Å². The Bertz CT molecular complexity index is 5110. The summed E-state index contributed by atoms with van der Waals surface area (Å²) < 4.78 is 0. The van der Waals surface area contributed by atoms with Gasteiger partial charge in [0.2, 0.25) is 0 Å². The standard InChI is InChI=1S/C95H88B2N6/c1-6-10-30-68-45-53-76(54-46-68)98(77-55-47-69(48-56-77)31-11-7-2)80-61-90-94-92(63-80)102(74-37-21-15-22-38-74)88-66-89-85(65-84(88)96(94)82-41-25-27-43-86(82)100(90)72-33-17-13-18-34-72)97-83-42-26-28-44-87(83)101(73-35-19-14-20-36-73)91-62-81(64-93(95(91)97)103(89)75-39-23-16-24-40-75)99(78-57-49-70(50-58-78)32-12-8-3)79-59-51-71(52-60-79)67(5)29-9-4/h13-28,33-67H,6-12,29-32H2,1-5H3. The number of fused-ring (bicyclic) bond motifs is 8. The molecule has 4 aliphatic rings. The van der Waals surface area contributed by atoms with Crippen LogP contribution in [-0.4, -0.2) is 13.4 Å². The Morgan fingerprint density at radius 2 is 0.573 bits per heavy atom. The highest BCUT2D eigenvalue weighted by Crippen LogP contribution is 2.53. The second-order valence-electron chi connectivity index (χ2n) is 28.7. The molecule has 4 heterocycles. The number of nitrogens with zero attached hydrogens (tertiary/aromatic N) is 6. The van der Waals surface area contributed by atoms with E-state index in [0.29, 0.717) is 5.92 Å². The molecule has 13 aromatic rings. The zero-order valence-corrected chi connectivity index (χ0v) is 60.1. The quantitative estimate of drug-likeness (QED) is 0.0626. The predicted octanol–water partition coefficient (Wildman–Crippen LogP) is 22.7. The normalized spacial score (nSPS) is 13.2. The maximum atomic E-state index is 2.66. The summed E-state index contributed by atoms with van der Waals surface area (Å²) in [6.07, 6.45) is 12.4. The molecule has 103 heavy (non-hydrogen) atoms. The highest BCUT2D eigenvalue weighted by molar-refractivity contribution is 7.03. The molecule has 17 rings (SSSR count). The molecule has 0 radical (unpaired) electrons. The summed E-state index contributed by atoms with van der Waals surface area (Å²) in [5, 5.41) is 0. The first-order chi connectivity index (χ1) is 50.9. The maximum absolute atomic E-state index is 2.66. The Labute approximate surface area is 611 Å². The molecule has 0 saturated heterocycles. The van der Waals surface area contributed by atoms with Crippen molar-refractivity contribution < 1.29 is 0 Å². The number of benzene rings is 13. The van der Waals surface area contributed by atoms with Crippen LogP contribution in [0.1, 0.15) is 114 Å². The molecule has 0 N–H and O–H groups in total. The minimum absolute atomic E-state index is 0.161. The molecule has 13 aromatic carbocycles. The minimum atomic E-state index is -0.163. The largest absolute Gasteiger partial charge is 0.311 e. The fraction of sp³-hybridized carbons (Fsp3) is 0.179. The second-order valence-corrected chi connectivity index (χ2v) is 28.7. The van der Waals surface area contributed by atoms with Crippen molar-refractivity contribution in [2.45, 2.75) is 111 Å². The molecular formula is C95H88B2N6. The van der Waals surface area contributed by atoms with E-state index in [1.54, 1.807) is 0 Å². The molecule has 8 heteroatoms. The second kappa shape index (κ2) is 28.3. The Hall–Kier alpha value is -11.2. The average molecular weight is 1340 g/mol. The summed E-state index contributed by atoms with van der Waals surface area (Å²) >= 11 is 0. The third kappa shape index (κ3) is 11.8. The first-order valence-corrected chi connectivity index (χ1v) is 38.0. The third-order valence-electron chi connectivity index (χ3n) is 22.1. The van der Waals surface area contributed by atoms with Crippen LogP contribution in [0.25, 0.3) is 0 Å². The van der Waals surface area contributed by atoms with Gasteiger partial charge in [0.25, 0.3) is 13.4 Å². The fourth-order valence-electron chi connectivity index (χ4n) is 17.1. The Morgan fingerprint density at radius 3 is 0.893 bits per heavy atom. The van der Waals surface area contributed by atoms with Gasteiger partial charge in [0, 0.05) is 91.0 Å². The molecule has 0 bridgehead atoms. The van der Waals surface area contributed by atoms with Gasteiger partial charge in [0.1, 0.15) is 0 Å². The SMILES string of the molecule is CCCCc1ccc(N(c2ccc(CCCC)cc2)c2cc3c4c(c2)N(c2ccccc2)c2cc5c(cc2B4c2ccccc2N3c2ccccc2)B2c3ccccc3N(c3ccccc3)c3cc(N(c4ccc(CCCC)cc4)c4ccc(C(C)CCC)cc4)cc(c32)N5c2ccccc2)cc1. The van der Waals surface area contributed by atoms with Gasteiger partial charge in [-0.3, -0.25) is 0 Å². The summed E-state index contributed by atoms with van der Waals surface area (Å²) in [4.78, 5) is 15.4.